The maximum atomic E-state index is 12.9. The fraction of sp³-hybridized carbons (Fsp3) is 0.550. The standard InChI is InChI=1S/C20H29N5O2S/c1-23(2)8-9-24(3)13-20(26)25-11-17(15-6-5-7-16(10-15)27-4)18(12-25)19-14-28-22-21-19/h5-7,10,14,17-18H,8-9,11-13H2,1-4H3/t17-,18+/m0/s1. The van der Waals surface area contributed by atoms with Crippen molar-refractivity contribution in [2.45, 2.75) is 11.8 Å². The van der Waals surface area contributed by atoms with Crippen molar-refractivity contribution in [3.8, 4) is 5.75 Å². The second kappa shape index (κ2) is 9.45. The molecule has 3 rings (SSSR count). The smallest absolute Gasteiger partial charge is 0.236 e. The van der Waals surface area contributed by atoms with Crippen LogP contribution < -0.4 is 4.74 Å². The van der Waals surface area contributed by atoms with Crippen molar-refractivity contribution in [1.82, 2.24) is 24.3 Å². The number of hydrogen-bond donors (Lipinski definition) is 0. The van der Waals surface area contributed by atoms with Gasteiger partial charge in [-0.1, -0.05) is 16.6 Å². The monoisotopic (exact) mass is 403 g/mol. The number of amides is 1. The molecule has 1 fully saturated rings. The molecule has 1 saturated heterocycles. The Hall–Kier alpha value is -2.03. The number of benzene rings is 1. The molecule has 152 valence electrons. The second-order valence-electron chi connectivity index (χ2n) is 7.66. The summed E-state index contributed by atoms with van der Waals surface area (Å²) in [5, 5.41) is 6.30. The van der Waals surface area contributed by atoms with Crippen molar-refractivity contribution in [2.24, 2.45) is 0 Å². The quantitative estimate of drug-likeness (QED) is 0.669. The largest absolute Gasteiger partial charge is 0.497 e. The summed E-state index contributed by atoms with van der Waals surface area (Å²) in [4.78, 5) is 19.1. The van der Waals surface area contributed by atoms with Crippen LogP contribution >= 0.6 is 11.5 Å². The van der Waals surface area contributed by atoms with Crippen molar-refractivity contribution in [3.63, 3.8) is 0 Å². The molecule has 0 aliphatic carbocycles. The number of nitrogens with zero attached hydrogens (tertiary/aromatic N) is 5. The molecule has 28 heavy (non-hydrogen) atoms. The van der Waals surface area contributed by atoms with Crippen LogP contribution in [0.2, 0.25) is 0 Å². The molecule has 0 unspecified atom stereocenters. The van der Waals surface area contributed by atoms with Crippen LogP contribution in [0.25, 0.3) is 0 Å². The van der Waals surface area contributed by atoms with Gasteiger partial charge in [0.2, 0.25) is 5.91 Å². The maximum absolute atomic E-state index is 12.9. The summed E-state index contributed by atoms with van der Waals surface area (Å²) in [6.45, 7) is 3.60. The Morgan fingerprint density at radius 1 is 1.25 bits per heavy atom. The summed E-state index contributed by atoms with van der Waals surface area (Å²) >= 11 is 1.36. The Morgan fingerprint density at radius 3 is 2.71 bits per heavy atom. The van der Waals surface area contributed by atoms with Crippen LogP contribution in [-0.2, 0) is 4.79 Å². The SMILES string of the molecule is COc1cccc([C@@H]2CN(C(=O)CN(C)CCN(C)C)C[C@H]2c2csnn2)c1. The molecule has 0 bridgehead atoms. The van der Waals surface area contributed by atoms with Gasteiger partial charge in [-0.2, -0.15) is 0 Å². The van der Waals surface area contributed by atoms with E-state index in [-0.39, 0.29) is 17.7 Å². The van der Waals surface area contributed by atoms with Crippen LogP contribution in [0, 0.1) is 0 Å². The van der Waals surface area contributed by atoms with Crippen molar-refractivity contribution in [3.05, 3.63) is 40.9 Å². The molecule has 7 nitrogen and oxygen atoms in total. The first-order valence-electron chi connectivity index (χ1n) is 9.50. The zero-order valence-electron chi connectivity index (χ0n) is 17.0. The number of carbonyl (C=O) groups is 1. The number of ether oxygens (including phenoxy) is 1. The number of rotatable bonds is 8. The molecule has 1 aromatic carbocycles. The molecule has 2 atom stereocenters. The van der Waals surface area contributed by atoms with Gasteiger partial charge in [0.1, 0.15) is 5.75 Å². The molecule has 0 radical (unpaired) electrons. The second-order valence-corrected chi connectivity index (χ2v) is 8.27. The van der Waals surface area contributed by atoms with Crippen LogP contribution in [0.4, 0.5) is 0 Å². The Labute approximate surface area is 171 Å². The number of methoxy groups -OCH3 is 1. The highest BCUT2D eigenvalue weighted by Crippen LogP contribution is 2.40. The van der Waals surface area contributed by atoms with Gasteiger partial charge in [-0.05, 0) is 50.4 Å². The lowest BCUT2D eigenvalue weighted by Gasteiger charge is -2.23. The third kappa shape index (κ3) is 5.06. The molecule has 0 spiro atoms. The average molecular weight is 404 g/mol. The van der Waals surface area contributed by atoms with Crippen molar-refractivity contribution >= 4 is 17.4 Å². The minimum atomic E-state index is 0.155. The van der Waals surface area contributed by atoms with Crippen LogP contribution in [-0.4, -0.2) is 91.2 Å². The molecule has 8 heteroatoms. The summed E-state index contributed by atoms with van der Waals surface area (Å²) < 4.78 is 9.43. The predicted molar refractivity (Wildman–Crippen MR) is 111 cm³/mol. The van der Waals surface area contributed by atoms with Gasteiger partial charge >= 0.3 is 0 Å². The van der Waals surface area contributed by atoms with E-state index < -0.39 is 0 Å². The van der Waals surface area contributed by atoms with E-state index in [9.17, 15) is 4.79 Å². The van der Waals surface area contributed by atoms with Gasteiger partial charge in [0.15, 0.2) is 0 Å². The highest BCUT2D eigenvalue weighted by Gasteiger charge is 2.38. The number of hydrogen-bond acceptors (Lipinski definition) is 7. The Balaban J connectivity index is 1.73. The minimum absolute atomic E-state index is 0.155. The molecular formula is C20H29N5O2S. The molecule has 0 saturated carbocycles. The molecule has 0 N–H and O–H groups in total. The Morgan fingerprint density at radius 2 is 2.04 bits per heavy atom. The van der Waals surface area contributed by atoms with E-state index >= 15 is 0 Å². The zero-order valence-corrected chi connectivity index (χ0v) is 17.9. The van der Waals surface area contributed by atoms with Crippen molar-refractivity contribution < 1.29 is 9.53 Å². The Kier molecular flexibility index (Phi) is 6.98. The van der Waals surface area contributed by atoms with Crippen molar-refractivity contribution in [1.29, 1.82) is 0 Å². The summed E-state index contributed by atoms with van der Waals surface area (Å²) in [6, 6.07) is 8.12. The third-order valence-electron chi connectivity index (χ3n) is 5.29. The summed E-state index contributed by atoms with van der Waals surface area (Å²) in [7, 11) is 7.76. The zero-order chi connectivity index (χ0) is 20.1. The van der Waals surface area contributed by atoms with Crippen LogP contribution in [0.3, 0.4) is 0 Å². The number of likely N-dealkylation sites (tertiary alicyclic amines) is 1. The van der Waals surface area contributed by atoms with Gasteiger partial charge in [0.05, 0.1) is 19.3 Å². The molecular weight excluding hydrogens is 374 g/mol. The molecule has 1 amide bonds. The lowest BCUT2D eigenvalue weighted by molar-refractivity contribution is -0.131. The first-order chi connectivity index (χ1) is 13.5. The van der Waals surface area contributed by atoms with E-state index in [1.165, 1.54) is 17.1 Å². The number of aromatic nitrogens is 2. The minimum Gasteiger partial charge on any atom is -0.497 e. The van der Waals surface area contributed by atoms with Crippen LogP contribution in [0.1, 0.15) is 23.1 Å². The highest BCUT2D eigenvalue weighted by atomic mass is 32.1. The van der Waals surface area contributed by atoms with Gasteiger partial charge in [0.25, 0.3) is 0 Å². The fourth-order valence-corrected chi connectivity index (χ4v) is 4.15. The molecule has 1 aromatic heterocycles. The lowest BCUT2D eigenvalue weighted by Crippen LogP contribution is -2.39. The fourth-order valence-electron chi connectivity index (χ4n) is 3.63. The summed E-state index contributed by atoms with van der Waals surface area (Å²) in [6.07, 6.45) is 0. The van der Waals surface area contributed by atoms with E-state index in [0.29, 0.717) is 19.6 Å². The summed E-state index contributed by atoms with van der Waals surface area (Å²) in [5.74, 6) is 1.35. The van der Waals surface area contributed by atoms with E-state index in [2.05, 4.69) is 31.5 Å². The van der Waals surface area contributed by atoms with Crippen LogP contribution in [0.5, 0.6) is 5.75 Å². The first kappa shape index (κ1) is 20.7. The normalized spacial score (nSPS) is 19.6. The topological polar surface area (TPSA) is 61.8 Å². The van der Waals surface area contributed by atoms with E-state index in [1.807, 2.05) is 43.6 Å². The third-order valence-corrected chi connectivity index (χ3v) is 5.81. The molecule has 2 heterocycles. The van der Waals surface area contributed by atoms with E-state index in [0.717, 1.165) is 24.5 Å². The molecule has 1 aliphatic rings. The lowest BCUT2D eigenvalue weighted by atomic mass is 9.87. The highest BCUT2D eigenvalue weighted by molar-refractivity contribution is 7.03. The van der Waals surface area contributed by atoms with E-state index in [4.69, 9.17) is 4.74 Å². The van der Waals surface area contributed by atoms with Gasteiger partial charge in [-0.15, -0.1) is 5.10 Å². The Bertz CT molecular complexity index is 768. The average Bonchev–Trinajstić information content (AvgIpc) is 3.35. The van der Waals surface area contributed by atoms with Gasteiger partial charge in [-0.3, -0.25) is 9.69 Å². The predicted octanol–water partition coefficient (Wildman–Crippen LogP) is 1.75. The number of carbonyl (C=O) groups excluding carboxylic acids is 1. The van der Waals surface area contributed by atoms with Crippen LogP contribution in [0.15, 0.2) is 29.6 Å². The molecule has 2 aromatic rings. The number of likely N-dealkylation sites (N-methyl/N-ethyl adjacent to an activating group) is 2. The van der Waals surface area contributed by atoms with Gasteiger partial charge < -0.3 is 14.5 Å². The maximum Gasteiger partial charge on any atom is 0.236 e. The van der Waals surface area contributed by atoms with E-state index in [1.54, 1.807) is 7.11 Å². The van der Waals surface area contributed by atoms with Crippen molar-refractivity contribution in [2.75, 3.05) is 61.0 Å². The summed E-state index contributed by atoms with van der Waals surface area (Å²) in [5.41, 5.74) is 2.14. The van der Waals surface area contributed by atoms with Gasteiger partial charge in [0, 0.05) is 43.4 Å². The first-order valence-corrected chi connectivity index (χ1v) is 10.3. The molecule has 1 aliphatic heterocycles. The van der Waals surface area contributed by atoms with Gasteiger partial charge in [-0.25, -0.2) is 0 Å².